The molecule has 0 aromatic carbocycles. The lowest BCUT2D eigenvalue weighted by Gasteiger charge is -2.23. The molecule has 88 valence electrons. The van der Waals surface area contributed by atoms with Crippen molar-refractivity contribution in [3.63, 3.8) is 0 Å². The van der Waals surface area contributed by atoms with E-state index in [-0.39, 0.29) is 11.5 Å². The number of hydrogen-bond acceptors (Lipinski definition) is 3. The van der Waals surface area contributed by atoms with Crippen LogP contribution in [0.1, 0.15) is 52.9 Å². The number of ether oxygens (including phenoxy) is 2. The normalized spacial score (nSPS) is 18.6. The van der Waals surface area contributed by atoms with E-state index in [9.17, 15) is 4.79 Å². The van der Waals surface area contributed by atoms with Crippen LogP contribution in [0.15, 0.2) is 0 Å². The molecule has 0 bridgehead atoms. The van der Waals surface area contributed by atoms with Gasteiger partial charge < -0.3 is 9.47 Å². The van der Waals surface area contributed by atoms with Crippen LogP contribution < -0.4 is 0 Å². The summed E-state index contributed by atoms with van der Waals surface area (Å²) >= 11 is 0. The zero-order valence-corrected chi connectivity index (χ0v) is 10.0. The molecule has 0 aromatic rings. The second-order valence-electron chi connectivity index (χ2n) is 5.48. The van der Waals surface area contributed by atoms with Crippen molar-refractivity contribution >= 4 is 6.16 Å². The Morgan fingerprint density at radius 1 is 1.20 bits per heavy atom. The predicted octanol–water partition coefficient (Wildman–Crippen LogP) is 3.52. The van der Waals surface area contributed by atoms with Gasteiger partial charge in [-0.05, 0) is 31.1 Å². The van der Waals surface area contributed by atoms with Gasteiger partial charge in [-0.15, -0.1) is 0 Å². The molecule has 3 nitrogen and oxygen atoms in total. The Bertz CT molecular complexity index is 199. The van der Waals surface area contributed by atoms with Crippen LogP contribution in [0.4, 0.5) is 4.79 Å². The first-order valence-electron chi connectivity index (χ1n) is 5.81. The second-order valence-corrected chi connectivity index (χ2v) is 5.48. The van der Waals surface area contributed by atoms with Crippen LogP contribution in [0.3, 0.4) is 0 Å². The lowest BCUT2D eigenvalue weighted by Crippen LogP contribution is -2.24. The molecule has 15 heavy (non-hydrogen) atoms. The molecule has 0 saturated heterocycles. The minimum absolute atomic E-state index is 0.00554. The smallest absolute Gasteiger partial charge is 0.434 e. The van der Waals surface area contributed by atoms with Crippen LogP contribution >= 0.6 is 0 Å². The monoisotopic (exact) mass is 214 g/mol. The van der Waals surface area contributed by atoms with Gasteiger partial charge in [-0.3, -0.25) is 0 Å². The van der Waals surface area contributed by atoms with E-state index in [0.29, 0.717) is 6.61 Å². The minimum Gasteiger partial charge on any atom is -0.434 e. The summed E-state index contributed by atoms with van der Waals surface area (Å²) in [7, 11) is 0. The number of carbonyl (C=O) groups excluding carboxylic acids is 1. The van der Waals surface area contributed by atoms with Crippen LogP contribution in [-0.2, 0) is 9.47 Å². The lowest BCUT2D eigenvalue weighted by molar-refractivity contribution is -0.00275. The number of hydrogen-bond donors (Lipinski definition) is 0. The molecule has 0 heterocycles. The van der Waals surface area contributed by atoms with Crippen LogP contribution in [0.5, 0.6) is 0 Å². The average molecular weight is 214 g/mol. The van der Waals surface area contributed by atoms with Crippen molar-refractivity contribution < 1.29 is 14.3 Å². The fraction of sp³-hybridized carbons (Fsp3) is 0.917. The fourth-order valence-electron chi connectivity index (χ4n) is 1.63. The molecule has 0 unspecified atom stereocenters. The fourth-order valence-corrected chi connectivity index (χ4v) is 1.63. The molecular weight excluding hydrogens is 192 g/mol. The van der Waals surface area contributed by atoms with Crippen molar-refractivity contribution in [1.82, 2.24) is 0 Å². The Balaban J connectivity index is 2.17. The Morgan fingerprint density at radius 2 is 1.80 bits per heavy atom. The summed E-state index contributed by atoms with van der Waals surface area (Å²) in [5, 5.41) is 0. The lowest BCUT2D eigenvalue weighted by atomic mass is 9.98. The van der Waals surface area contributed by atoms with E-state index in [1.807, 2.05) is 20.8 Å². The topological polar surface area (TPSA) is 35.5 Å². The van der Waals surface area contributed by atoms with E-state index in [0.717, 1.165) is 25.7 Å². The van der Waals surface area contributed by atoms with Crippen LogP contribution in [0.25, 0.3) is 0 Å². The van der Waals surface area contributed by atoms with Crippen molar-refractivity contribution in [3.8, 4) is 0 Å². The van der Waals surface area contributed by atoms with Crippen molar-refractivity contribution in [2.75, 3.05) is 6.61 Å². The standard InChI is InChI=1S/C12H22O3/c1-12(2,3)9-14-11(13)15-10-7-5-4-6-8-10/h10H,4-9H2,1-3H3. The first kappa shape index (κ1) is 12.3. The molecule has 0 aromatic heterocycles. The highest BCUT2D eigenvalue weighted by molar-refractivity contribution is 5.60. The molecule has 1 aliphatic rings. The summed E-state index contributed by atoms with van der Waals surface area (Å²) in [5.74, 6) is 0. The number of rotatable bonds is 2. The van der Waals surface area contributed by atoms with Gasteiger partial charge in [0.2, 0.25) is 0 Å². The average Bonchev–Trinajstić information content (AvgIpc) is 2.15. The first-order valence-corrected chi connectivity index (χ1v) is 5.81. The third kappa shape index (κ3) is 5.65. The van der Waals surface area contributed by atoms with Crippen molar-refractivity contribution in [3.05, 3.63) is 0 Å². The third-order valence-corrected chi connectivity index (χ3v) is 2.44. The summed E-state index contributed by atoms with van der Waals surface area (Å²) < 4.78 is 10.3. The molecule has 1 saturated carbocycles. The summed E-state index contributed by atoms with van der Waals surface area (Å²) in [6.45, 7) is 6.50. The summed E-state index contributed by atoms with van der Waals surface area (Å²) in [5.41, 5.74) is 0.00554. The zero-order valence-electron chi connectivity index (χ0n) is 10.0. The van der Waals surface area contributed by atoms with E-state index >= 15 is 0 Å². The Hall–Kier alpha value is -0.730. The van der Waals surface area contributed by atoms with Gasteiger partial charge in [-0.25, -0.2) is 4.79 Å². The number of carbonyl (C=O) groups is 1. The van der Waals surface area contributed by atoms with Gasteiger partial charge in [0, 0.05) is 0 Å². The van der Waals surface area contributed by atoms with Crippen LogP contribution in [0.2, 0.25) is 0 Å². The SMILES string of the molecule is CC(C)(C)COC(=O)OC1CCCCC1. The third-order valence-electron chi connectivity index (χ3n) is 2.44. The van der Waals surface area contributed by atoms with Gasteiger partial charge in [0.05, 0.1) is 6.61 Å². The van der Waals surface area contributed by atoms with Crippen molar-refractivity contribution in [1.29, 1.82) is 0 Å². The van der Waals surface area contributed by atoms with E-state index in [1.54, 1.807) is 0 Å². The molecular formula is C12H22O3. The highest BCUT2D eigenvalue weighted by Gasteiger charge is 2.20. The minimum atomic E-state index is -0.503. The van der Waals surface area contributed by atoms with Gasteiger partial charge in [-0.1, -0.05) is 27.2 Å². The van der Waals surface area contributed by atoms with Gasteiger partial charge in [-0.2, -0.15) is 0 Å². The quantitative estimate of drug-likeness (QED) is 0.660. The molecule has 0 radical (unpaired) electrons. The molecule has 1 aliphatic carbocycles. The highest BCUT2D eigenvalue weighted by atomic mass is 16.7. The molecule has 0 spiro atoms. The highest BCUT2D eigenvalue weighted by Crippen LogP contribution is 2.21. The van der Waals surface area contributed by atoms with Gasteiger partial charge in [0.15, 0.2) is 0 Å². The molecule has 1 rings (SSSR count). The maximum atomic E-state index is 11.3. The Kier molecular flexibility index (Phi) is 4.43. The van der Waals surface area contributed by atoms with Gasteiger partial charge in [0.25, 0.3) is 0 Å². The maximum absolute atomic E-state index is 11.3. The van der Waals surface area contributed by atoms with E-state index < -0.39 is 6.16 Å². The summed E-state index contributed by atoms with van der Waals surface area (Å²) in [6, 6.07) is 0. The van der Waals surface area contributed by atoms with Gasteiger partial charge in [0.1, 0.15) is 6.10 Å². The van der Waals surface area contributed by atoms with Crippen LogP contribution in [0, 0.1) is 5.41 Å². The maximum Gasteiger partial charge on any atom is 0.508 e. The Labute approximate surface area is 92.1 Å². The van der Waals surface area contributed by atoms with Crippen molar-refractivity contribution in [2.45, 2.75) is 59.0 Å². The molecule has 1 fully saturated rings. The molecule has 0 atom stereocenters. The first-order chi connectivity index (χ1) is 6.97. The van der Waals surface area contributed by atoms with Gasteiger partial charge >= 0.3 is 6.16 Å². The molecule has 0 N–H and O–H groups in total. The van der Waals surface area contributed by atoms with Crippen LogP contribution in [-0.4, -0.2) is 18.9 Å². The summed E-state index contributed by atoms with van der Waals surface area (Å²) in [4.78, 5) is 11.3. The zero-order chi connectivity index (χ0) is 11.3. The molecule has 0 amide bonds. The van der Waals surface area contributed by atoms with Crippen molar-refractivity contribution in [2.24, 2.45) is 5.41 Å². The second kappa shape index (κ2) is 5.38. The molecule has 0 aliphatic heterocycles. The van der Waals surface area contributed by atoms with E-state index in [2.05, 4.69) is 0 Å². The predicted molar refractivity (Wildman–Crippen MR) is 58.8 cm³/mol. The largest absolute Gasteiger partial charge is 0.508 e. The van der Waals surface area contributed by atoms with E-state index in [1.165, 1.54) is 6.42 Å². The summed E-state index contributed by atoms with van der Waals surface area (Å²) in [6.07, 6.45) is 5.16. The Morgan fingerprint density at radius 3 is 2.33 bits per heavy atom. The van der Waals surface area contributed by atoms with E-state index in [4.69, 9.17) is 9.47 Å². The molecule has 3 heteroatoms.